The normalized spacial score (nSPS) is 15.0. The van der Waals surface area contributed by atoms with E-state index in [-0.39, 0.29) is 0 Å². The van der Waals surface area contributed by atoms with Crippen molar-refractivity contribution in [3.05, 3.63) is 65.9 Å². The number of hydrogen-bond donors (Lipinski definition) is 0. The lowest BCUT2D eigenvalue weighted by molar-refractivity contribution is 0.243. The summed E-state index contributed by atoms with van der Waals surface area (Å²) in [6.07, 6.45) is 8.46. The molecule has 0 aromatic carbocycles. The first-order chi connectivity index (χ1) is 10.4. The van der Waals surface area contributed by atoms with Crippen LogP contribution in [0, 0.1) is 0 Å². The molecule has 4 heteroatoms. The summed E-state index contributed by atoms with van der Waals surface area (Å²) in [5.41, 5.74) is 4.86. The minimum atomic E-state index is 0.943. The number of rotatable bonds is 2. The van der Waals surface area contributed by atoms with E-state index in [9.17, 15) is 0 Å². The Labute approximate surface area is 123 Å². The van der Waals surface area contributed by atoms with Crippen LogP contribution < -0.4 is 0 Å². The molecular weight excluding hydrogens is 260 g/mol. The molecule has 104 valence electrons. The van der Waals surface area contributed by atoms with Crippen molar-refractivity contribution >= 4 is 10.9 Å². The second-order valence-corrected chi connectivity index (χ2v) is 5.48. The predicted molar refractivity (Wildman–Crippen MR) is 81.6 cm³/mol. The minimum Gasteiger partial charge on any atom is -0.294 e. The number of pyridine rings is 3. The van der Waals surface area contributed by atoms with Gasteiger partial charge in [0.15, 0.2) is 0 Å². The fraction of sp³-hybridized carbons (Fsp3) is 0.235. The van der Waals surface area contributed by atoms with Crippen molar-refractivity contribution in [3.63, 3.8) is 0 Å². The van der Waals surface area contributed by atoms with E-state index in [1.807, 2.05) is 30.7 Å². The summed E-state index contributed by atoms with van der Waals surface area (Å²) in [7, 11) is 0. The fourth-order valence-electron chi connectivity index (χ4n) is 2.92. The van der Waals surface area contributed by atoms with Gasteiger partial charge in [0.25, 0.3) is 0 Å². The maximum atomic E-state index is 4.78. The Kier molecular flexibility index (Phi) is 3.09. The lowest BCUT2D eigenvalue weighted by Crippen LogP contribution is -2.30. The SMILES string of the molecule is c1cncc(CN2CCc3nc4ccncc4cc3C2)c1. The molecule has 4 heterocycles. The van der Waals surface area contributed by atoms with Crippen LogP contribution in [0.2, 0.25) is 0 Å². The Balaban J connectivity index is 1.61. The number of aromatic nitrogens is 3. The smallest absolute Gasteiger partial charge is 0.0736 e. The van der Waals surface area contributed by atoms with Crippen LogP contribution in [0.15, 0.2) is 49.1 Å². The third-order valence-corrected chi connectivity index (χ3v) is 3.97. The molecule has 0 atom stereocenters. The van der Waals surface area contributed by atoms with Gasteiger partial charge < -0.3 is 0 Å². The maximum absolute atomic E-state index is 4.78. The van der Waals surface area contributed by atoms with Crippen LogP contribution in [0.1, 0.15) is 16.8 Å². The lowest BCUT2D eigenvalue weighted by atomic mass is 10.0. The van der Waals surface area contributed by atoms with Crippen LogP contribution >= 0.6 is 0 Å². The van der Waals surface area contributed by atoms with Gasteiger partial charge in [-0.05, 0) is 29.3 Å². The second kappa shape index (κ2) is 5.22. The molecule has 4 rings (SSSR count). The van der Waals surface area contributed by atoms with Crippen molar-refractivity contribution in [3.8, 4) is 0 Å². The van der Waals surface area contributed by atoms with Crippen LogP contribution in [0.5, 0.6) is 0 Å². The van der Waals surface area contributed by atoms with Crippen LogP contribution in [-0.4, -0.2) is 26.4 Å². The zero-order valence-electron chi connectivity index (χ0n) is 11.7. The van der Waals surface area contributed by atoms with Gasteiger partial charge in [0.2, 0.25) is 0 Å². The molecule has 0 bridgehead atoms. The van der Waals surface area contributed by atoms with E-state index in [1.54, 1.807) is 6.20 Å². The van der Waals surface area contributed by atoms with E-state index in [1.165, 1.54) is 16.8 Å². The number of hydrogen-bond acceptors (Lipinski definition) is 4. The molecule has 1 aliphatic heterocycles. The molecule has 0 amide bonds. The third-order valence-electron chi connectivity index (χ3n) is 3.97. The molecule has 0 spiro atoms. The van der Waals surface area contributed by atoms with Gasteiger partial charge in [0, 0.05) is 61.9 Å². The molecule has 3 aromatic rings. The van der Waals surface area contributed by atoms with Crippen molar-refractivity contribution in [2.75, 3.05) is 6.54 Å². The van der Waals surface area contributed by atoms with Crippen LogP contribution in [0.4, 0.5) is 0 Å². The summed E-state index contributed by atoms with van der Waals surface area (Å²) in [5.74, 6) is 0. The van der Waals surface area contributed by atoms with E-state index in [0.29, 0.717) is 0 Å². The van der Waals surface area contributed by atoms with Gasteiger partial charge >= 0.3 is 0 Å². The van der Waals surface area contributed by atoms with Gasteiger partial charge in [-0.25, -0.2) is 0 Å². The van der Waals surface area contributed by atoms with E-state index in [2.05, 4.69) is 27.0 Å². The average Bonchev–Trinajstić information content (AvgIpc) is 2.54. The number of nitrogens with zero attached hydrogens (tertiary/aromatic N) is 4. The monoisotopic (exact) mass is 276 g/mol. The summed E-state index contributed by atoms with van der Waals surface area (Å²) >= 11 is 0. The van der Waals surface area contributed by atoms with Crippen molar-refractivity contribution in [2.24, 2.45) is 0 Å². The Morgan fingerprint density at radius 1 is 1.10 bits per heavy atom. The topological polar surface area (TPSA) is 41.9 Å². The fourth-order valence-corrected chi connectivity index (χ4v) is 2.92. The quantitative estimate of drug-likeness (QED) is 0.721. The highest BCUT2D eigenvalue weighted by Gasteiger charge is 2.18. The zero-order valence-corrected chi connectivity index (χ0v) is 11.7. The van der Waals surface area contributed by atoms with E-state index >= 15 is 0 Å². The molecular formula is C17H16N4. The highest BCUT2D eigenvalue weighted by Crippen LogP contribution is 2.22. The van der Waals surface area contributed by atoms with Crippen molar-refractivity contribution in [1.29, 1.82) is 0 Å². The van der Waals surface area contributed by atoms with Gasteiger partial charge in [0.05, 0.1) is 5.52 Å². The molecule has 0 unspecified atom stereocenters. The Bertz CT molecular complexity index is 770. The van der Waals surface area contributed by atoms with Gasteiger partial charge in [0.1, 0.15) is 0 Å². The highest BCUT2D eigenvalue weighted by atomic mass is 15.1. The molecule has 0 saturated heterocycles. The zero-order chi connectivity index (χ0) is 14.1. The first-order valence-corrected chi connectivity index (χ1v) is 7.22. The summed E-state index contributed by atoms with van der Waals surface area (Å²) in [6.45, 7) is 2.94. The molecule has 4 nitrogen and oxygen atoms in total. The first kappa shape index (κ1) is 12.4. The number of fused-ring (bicyclic) bond motifs is 2. The third kappa shape index (κ3) is 2.50. The van der Waals surface area contributed by atoms with Gasteiger partial charge in [-0.2, -0.15) is 0 Å². The Morgan fingerprint density at radius 2 is 2.05 bits per heavy atom. The van der Waals surface area contributed by atoms with Gasteiger partial charge in [-0.3, -0.25) is 19.9 Å². The van der Waals surface area contributed by atoms with Crippen LogP contribution in [-0.2, 0) is 19.5 Å². The molecule has 0 fully saturated rings. The van der Waals surface area contributed by atoms with E-state index in [4.69, 9.17) is 4.98 Å². The lowest BCUT2D eigenvalue weighted by Gasteiger charge is -2.28. The molecule has 0 aliphatic carbocycles. The first-order valence-electron chi connectivity index (χ1n) is 7.22. The van der Waals surface area contributed by atoms with Gasteiger partial charge in [-0.15, -0.1) is 0 Å². The maximum Gasteiger partial charge on any atom is 0.0736 e. The van der Waals surface area contributed by atoms with Gasteiger partial charge in [-0.1, -0.05) is 6.07 Å². The van der Waals surface area contributed by atoms with Crippen molar-refractivity contribution < 1.29 is 0 Å². The van der Waals surface area contributed by atoms with Crippen molar-refractivity contribution in [1.82, 2.24) is 19.9 Å². The minimum absolute atomic E-state index is 0.943. The Hall–Kier alpha value is -2.33. The standard InChI is InChI=1S/C17H16N4/c1-2-13(9-18-5-1)11-21-7-4-17-15(12-21)8-14-10-19-6-3-16(14)20-17/h1-3,5-6,8-10H,4,7,11-12H2. The van der Waals surface area contributed by atoms with E-state index < -0.39 is 0 Å². The summed E-state index contributed by atoms with van der Waals surface area (Å²) < 4.78 is 0. The molecule has 1 aliphatic rings. The largest absolute Gasteiger partial charge is 0.294 e. The van der Waals surface area contributed by atoms with E-state index in [0.717, 1.165) is 37.0 Å². The van der Waals surface area contributed by atoms with Crippen LogP contribution in [0.3, 0.4) is 0 Å². The molecule has 0 N–H and O–H groups in total. The predicted octanol–water partition coefficient (Wildman–Crippen LogP) is 2.58. The molecule has 0 radical (unpaired) electrons. The average molecular weight is 276 g/mol. The highest BCUT2D eigenvalue weighted by molar-refractivity contribution is 5.78. The van der Waals surface area contributed by atoms with Crippen LogP contribution in [0.25, 0.3) is 10.9 Å². The Morgan fingerprint density at radius 3 is 2.95 bits per heavy atom. The van der Waals surface area contributed by atoms with Crippen molar-refractivity contribution in [2.45, 2.75) is 19.5 Å². The molecule has 0 saturated carbocycles. The summed E-state index contributed by atoms with van der Waals surface area (Å²) in [4.78, 5) is 15.6. The summed E-state index contributed by atoms with van der Waals surface area (Å²) in [6, 6.07) is 8.34. The molecule has 21 heavy (non-hydrogen) atoms. The summed E-state index contributed by atoms with van der Waals surface area (Å²) in [5, 5.41) is 1.12. The second-order valence-electron chi connectivity index (χ2n) is 5.48. The molecule has 3 aromatic heterocycles.